The van der Waals surface area contributed by atoms with E-state index in [1.54, 1.807) is 7.05 Å². The van der Waals surface area contributed by atoms with Crippen LogP contribution in [0.1, 0.15) is 19.3 Å². The average Bonchev–Trinajstić information content (AvgIpc) is 2.78. The van der Waals surface area contributed by atoms with Crippen molar-refractivity contribution in [2.24, 2.45) is 12.0 Å². The van der Waals surface area contributed by atoms with Gasteiger partial charge in [-0.2, -0.15) is 14.4 Å². The maximum Gasteiger partial charge on any atom is 0.248 e. The van der Waals surface area contributed by atoms with Crippen LogP contribution in [-0.2, 0) is 21.9 Å². The summed E-state index contributed by atoms with van der Waals surface area (Å²) in [6.45, 7) is 0.368. The molecule has 2 rings (SSSR count). The van der Waals surface area contributed by atoms with Gasteiger partial charge >= 0.3 is 0 Å². The van der Waals surface area contributed by atoms with Crippen LogP contribution < -0.4 is 0 Å². The van der Waals surface area contributed by atoms with E-state index < -0.39 is 16.2 Å². The lowest BCUT2D eigenvalue weighted by Crippen LogP contribution is -2.42. The molecule has 0 spiro atoms. The van der Waals surface area contributed by atoms with Crippen molar-refractivity contribution < 1.29 is 13.2 Å². The van der Waals surface area contributed by atoms with Crippen molar-refractivity contribution in [1.29, 1.82) is 0 Å². The molecule has 1 aromatic rings. The maximum atomic E-state index is 12.4. The van der Waals surface area contributed by atoms with Gasteiger partial charge in [-0.05, 0) is 19.3 Å². The van der Waals surface area contributed by atoms with Crippen molar-refractivity contribution >= 4 is 16.1 Å². The third kappa shape index (κ3) is 2.35. The Morgan fingerprint density at radius 1 is 1.50 bits per heavy atom. The molecule has 0 aliphatic carbocycles. The zero-order valence-electron chi connectivity index (χ0n) is 9.98. The molecule has 98 valence electrons. The Morgan fingerprint density at radius 3 is 2.89 bits per heavy atom. The minimum absolute atomic E-state index is 0.123. The van der Waals surface area contributed by atoms with Gasteiger partial charge in [-0.3, -0.25) is 4.68 Å². The van der Waals surface area contributed by atoms with Crippen LogP contribution in [0.5, 0.6) is 0 Å². The summed E-state index contributed by atoms with van der Waals surface area (Å²) in [6.07, 6.45) is 5.71. The Kier molecular flexibility index (Phi) is 3.60. The number of hydrogen-bond acceptors (Lipinski definition) is 5. The van der Waals surface area contributed by atoms with Gasteiger partial charge in [0.15, 0.2) is 0 Å². The van der Waals surface area contributed by atoms with Crippen LogP contribution in [0.3, 0.4) is 0 Å². The molecule has 2 heterocycles. The first-order valence-corrected chi connectivity index (χ1v) is 7.07. The number of isocyanates is 1. The monoisotopic (exact) mass is 270 g/mol. The number of aromatic nitrogens is 2. The number of aliphatic imine (C=N–C) groups is 1. The molecule has 1 saturated heterocycles. The number of rotatable bonds is 3. The van der Waals surface area contributed by atoms with Crippen LogP contribution in [0.4, 0.5) is 0 Å². The lowest BCUT2D eigenvalue weighted by atomic mass is 10.1. The van der Waals surface area contributed by atoms with E-state index in [1.165, 1.54) is 27.5 Å². The average molecular weight is 270 g/mol. The zero-order chi connectivity index (χ0) is 13.2. The Labute approximate surface area is 105 Å². The molecule has 0 aromatic carbocycles. The Bertz CT molecular complexity index is 574. The van der Waals surface area contributed by atoms with Crippen molar-refractivity contribution in [2.75, 3.05) is 6.54 Å². The summed E-state index contributed by atoms with van der Waals surface area (Å²) in [5, 5.41) is 3.85. The zero-order valence-corrected chi connectivity index (χ0v) is 10.8. The molecular weight excluding hydrogens is 256 g/mol. The highest BCUT2D eigenvalue weighted by molar-refractivity contribution is 7.89. The van der Waals surface area contributed by atoms with Crippen LogP contribution in [0.2, 0.25) is 0 Å². The highest BCUT2D eigenvalue weighted by Crippen LogP contribution is 2.25. The minimum Gasteiger partial charge on any atom is -0.274 e. The molecule has 0 bridgehead atoms. The topological polar surface area (TPSA) is 84.6 Å². The first-order valence-electron chi connectivity index (χ1n) is 5.63. The van der Waals surface area contributed by atoms with Gasteiger partial charge in [0.25, 0.3) is 0 Å². The lowest BCUT2D eigenvalue weighted by molar-refractivity contribution is 0.259. The van der Waals surface area contributed by atoms with E-state index in [-0.39, 0.29) is 4.90 Å². The van der Waals surface area contributed by atoms with E-state index in [4.69, 9.17) is 0 Å². The quantitative estimate of drug-likeness (QED) is 0.582. The van der Waals surface area contributed by atoms with E-state index in [0.717, 1.165) is 12.8 Å². The molecule has 1 aliphatic heterocycles. The molecule has 1 atom stereocenters. The second-order valence-electron chi connectivity index (χ2n) is 4.16. The van der Waals surface area contributed by atoms with Crippen molar-refractivity contribution in [3.8, 4) is 0 Å². The Morgan fingerprint density at radius 2 is 2.28 bits per heavy atom. The van der Waals surface area contributed by atoms with Crippen LogP contribution in [0.15, 0.2) is 22.3 Å². The molecule has 0 amide bonds. The highest BCUT2D eigenvalue weighted by Gasteiger charge is 2.34. The third-order valence-electron chi connectivity index (χ3n) is 2.91. The molecule has 0 radical (unpaired) electrons. The third-order valence-corrected chi connectivity index (χ3v) is 4.76. The lowest BCUT2D eigenvalue weighted by Gasteiger charge is -2.30. The molecule has 7 nitrogen and oxygen atoms in total. The summed E-state index contributed by atoms with van der Waals surface area (Å²) in [5.41, 5.74) is 0. The molecule has 0 N–H and O–H groups in total. The summed E-state index contributed by atoms with van der Waals surface area (Å²) in [4.78, 5) is 14.1. The fourth-order valence-corrected chi connectivity index (χ4v) is 3.60. The van der Waals surface area contributed by atoms with Gasteiger partial charge in [0.1, 0.15) is 11.1 Å². The maximum absolute atomic E-state index is 12.4. The fourth-order valence-electron chi connectivity index (χ4n) is 2.03. The largest absolute Gasteiger partial charge is 0.274 e. The van der Waals surface area contributed by atoms with E-state index >= 15 is 0 Å². The minimum atomic E-state index is -3.64. The van der Waals surface area contributed by atoms with Crippen molar-refractivity contribution in [1.82, 2.24) is 14.1 Å². The number of aryl methyl sites for hydroxylation is 1. The highest BCUT2D eigenvalue weighted by atomic mass is 32.2. The smallest absolute Gasteiger partial charge is 0.248 e. The van der Waals surface area contributed by atoms with E-state index in [2.05, 4.69) is 10.1 Å². The molecule has 1 fully saturated rings. The number of carbonyl (C=O) groups excluding carboxylic acids is 1. The van der Waals surface area contributed by atoms with Gasteiger partial charge in [-0.25, -0.2) is 13.2 Å². The molecule has 18 heavy (non-hydrogen) atoms. The number of piperidine rings is 1. The predicted molar refractivity (Wildman–Crippen MR) is 62.9 cm³/mol. The second-order valence-corrected chi connectivity index (χ2v) is 6.05. The van der Waals surface area contributed by atoms with Crippen molar-refractivity contribution in [3.05, 3.63) is 12.4 Å². The molecule has 1 aliphatic rings. The predicted octanol–water partition coefficient (Wildman–Crippen LogP) is 0.257. The van der Waals surface area contributed by atoms with Gasteiger partial charge in [0.2, 0.25) is 16.1 Å². The van der Waals surface area contributed by atoms with Crippen LogP contribution in [-0.4, -0.2) is 41.3 Å². The van der Waals surface area contributed by atoms with Crippen molar-refractivity contribution in [2.45, 2.75) is 30.3 Å². The molecule has 1 unspecified atom stereocenters. The summed E-state index contributed by atoms with van der Waals surface area (Å²) in [7, 11) is -1.99. The molecule has 8 heteroatoms. The van der Waals surface area contributed by atoms with Gasteiger partial charge < -0.3 is 0 Å². The summed E-state index contributed by atoms with van der Waals surface area (Å²) in [6, 6.07) is 0. The summed E-state index contributed by atoms with van der Waals surface area (Å²) < 4.78 is 27.4. The second kappa shape index (κ2) is 5.01. The van der Waals surface area contributed by atoms with E-state index in [0.29, 0.717) is 13.0 Å². The standard InChI is InChI=1S/C10H14N4O3S/c1-13-7-9(6-12-13)18(16,17)14-5-3-2-4-10(14)11-8-15/h6-7,10H,2-5H2,1H3. The first-order chi connectivity index (χ1) is 8.55. The fraction of sp³-hybridized carbons (Fsp3) is 0.600. The molecular formula is C10H14N4O3S. The molecule has 1 aromatic heterocycles. The number of hydrogen-bond donors (Lipinski definition) is 0. The summed E-state index contributed by atoms with van der Waals surface area (Å²) >= 11 is 0. The van der Waals surface area contributed by atoms with Crippen LogP contribution >= 0.6 is 0 Å². The van der Waals surface area contributed by atoms with Crippen LogP contribution in [0, 0.1) is 0 Å². The van der Waals surface area contributed by atoms with Gasteiger partial charge in [0.05, 0.1) is 6.20 Å². The molecule has 0 saturated carbocycles. The van der Waals surface area contributed by atoms with Gasteiger partial charge in [0, 0.05) is 19.8 Å². The first kappa shape index (κ1) is 12.9. The Balaban J connectivity index is 2.35. The normalized spacial score (nSPS) is 21.5. The SMILES string of the molecule is Cn1cc(S(=O)(=O)N2CCCCC2N=C=O)cn1. The van der Waals surface area contributed by atoms with E-state index in [1.807, 2.05) is 0 Å². The summed E-state index contributed by atoms with van der Waals surface area (Å²) in [5.74, 6) is 0. The van der Waals surface area contributed by atoms with Gasteiger partial charge in [-0.1, -0.05) is 0 Å². The number of nitrogens with zero attached hydrogens (tertiary/aromatic N) is 4. The van der Waals surface area contributed by atoms with E-state index in [9.17, 15) is 13.2 Å². The van der Waals surface area contributed by atoms with Crippen LogP contribution in [0.25, 0.3) is 0 Å². The Hall–Kier alpha value is -1.50. The number of sulfonamides is 1. The van der Waals surface area contributed by atoms with Crippen molar-refractivity contribution in [3.63, 3.8) is 0 Å². The van der Waals surface area contributed by atoms with Gasteiger partial charge in [-0.15, -0.1) is 0 Å².